The normalized spacial score (nSPS) is 21.5. The van der Waals surface area contributed by atoms with Crippen LogP contribution in [0.25, 0.3) is 0 Å². The zero-order chi connectivity index (χ0) is 32.7. The molecule has 0 bridgehead atoms. The van der Waals surface area contributed by atoms with E-state index in [1.807, 2.05) is 57.2 Å². The van der Waals surface area contributed by atoms with Gasteiger partial charge in [-0.2, -0.15) is 0 Å². The number of rotatable bonds is 16. The maximum Gasteiger partial charge on any atom is 0.243 e. The van der Waals surface area contributed by atoms with Crippen LogP contribution in [0.4, 0.5) is 5.82 Å². The second-order valence-corrected chi connectivity index (χ2v) is 14.1. The van der Waals surface area contributed by atoms with Gasteiger partial charge in [-0.1, -0.05) is 83.5 Å². The maximum atomic E-state index is 13.9. The van der Waals surface area contributed by atoms with E-state index in [2.05, 4.69) is 48.4 Å². The molecule has 9 nitrogen and oxygen atoms in total. The Bertz CT molecular complexity index is 1210. The van der Waals surface area contributed by atoms with Crippen molar-refractivity contribution in [2.45, 2.75) is 123 Å². The minimum Gasteiger partial charge on any atom is -0.391 e. The number of hydrogen-bond donors (Lipinski definition) is 3. The largest absolute Gasteiger partial charge is 0.391 e. The molecule has 0 radical (unpaired) electrons. The summed E-state index contributed by atoms with van der Waals surface area (Å²) in [6.07, 6.45) is 5.62. The molecule has 0 spiro atoms. The van der Waals surface area contributed by atoms with Crippen molar-refractivity contribution in [3.63, 3.8) is 0 Å². The number of aliphatic hydroxyl groups is 1. The number of nitrogens with one attached hydrogen (secondary N) is 2. The van der Waals surface area contributed by atoms with Gasteiger partial charge in [0, 0.05) is 37.7 Å². The van der Waals surface area contributed by atoms with Gasteiger partial charge in [0.25, 0.3) is 0 Å². The highest BCUT2D eigenvalue weighted by molar-refractivity contribution is 5.91. The monoisotopic (exact) mass is 623 g/mol. The summed E-state index contributed by atoms with van der Waals surface area (Å²) in [7, 11) is 0. The maximum absolute atomic E-state index is 13.9. The molecule has 2 aromatic rings. The number of carbonyl (C=O) groups is 2. The average Bonchev–Trinajstić information content (AvgIpc) is 3.60. The Kier molecular flexibility index (Phi) is 12.5. The van der Waals surface area contributed by atoms with Crippen LogP contribution in [-0.2, 0) is 9.59 Å². The van der Waals surface area contributed by atoms with Gasteiger partial charge in [-0.25, -0.2) is 0 Å². The predicted molar refractivity (Wildman–Crippen MR) is 179 cm³/mol. The second kappa shape index (κ2) is 16.1. The van der Waals surface area contributed by atoms with Gasteiger partial charge in [-0.3, -0.25) is 14.5 Å². The highest BCUT2D eigenvalue weighted by Crippen LogP contribution is 2.34. The predicted octanol–water partition coefficient (Wildman–Crippen LogP) is 5.98. The number of hydrogen-bond acceptors (Lipinski definition) is 7. The lowest BCUT2D eigenvalue weighted by Gasteiger charge is -2.46. The Labute approximate surface area is 270 Å². The SMILES string of the molecule is CCN(C1CCC1)[C@H](C(C)C)C(C)CCCNc1cc(C(C(=O)N2C[C@H](O)C[C@H]2C(=O)N[C@@H](C)c2ccccc2)C(C)C)on1. The van der Waals surface area contributed by atoms with E-state index in [9.17, 15) is 14.7 Å². The van der Waals surface area contributed by atoms with Crippen molar-refractivity contribution in [1.29, 1.82) is 0 Å². The summed E-state index contributed by atoms with van der Waals surface area (Å²) in [5.41, 5.74) is 0.981. The van der Waals surface area contributed by atoms with Gasteiger partial charge in [-0.05, 0) is 62.5 Å². The molecular weight excluding hydrogens is 566 g/mol. The molecule has 250 valence electrons. The second-order valence-electron chi connectivity index (χ2n) is 14.1. The molecule has 1 aliphatic heterocycles. The molecule has 45 heavy (non-hydrogen) atoms. The number of carbonyl (C=O) groups excluding carboxylic acids is 2. The van der Waals surface area contributed by atoms with E-state index in [4.69, 9.17) is 4.52 Å². The average molecular weight is 624 g/mol. The summed E-state index contributed by atoms with van der Waals surface area (Å²) in [6.45, 7) is 17.3. The van der Waals surface area contributed by atoms with Gasteiger partial charge in [0.2, 0.25) is 11.8 Å². The van der Waals surface area contributed by atoms with E-state index >= 15 is 0 Å². The number of aromatic nitrogens is 1. The van der Waals surface area contributed by atoms with Crippen LogP contribution in [0.1, 0.15) is 110 Å². The van der Waals surface area contributed by atoms with Crippen LogP contribution in [0.3, 0.4) is 0 Å². The van der Waals surface area contributed by atoms with Crippen molar-refractivity contribution in [2.24, 2.45) is 17.8 Å². The molecule has 3 N–H and O–H groups in total. The van der Waals surface area contributed by atoms with Crippen LogP contribution in [0.5, 0.6) is 0 Å². The van der Waals surface area contributed by atoms with Gasteiger partial charge in [0.05, 0.1) is 12.1 Å². The molecule has 9 heteroatoms. The quantitative estimate of drug-likeness (QED) is 0.197. The summed E-state index contributed by atoms with van der Waals surface area (Å²) in [6, 6.07) is 11.9. The fourth-order valence-corrected chi connectivity index (χ4v) is 7.48. The molecule has 2 unspecified atom stereocenters. The Morgan fingerprint density at radius 1 is 1.09 bits per heavy atom. The van der Waals surface area contributed by atoms with Crippen LogP contribution in [0.15, 0.2) is 40.9 Å². The zero-order valence-corrected chi connectivity index (χ0v) is 28.5. The minimum absolute atomic E-state index is 0.0889. The molecule has 1 aromatic heterocycles. The van der Waals surface area contributed by atoms with E-state index in [0.29, 0.717) is 29.5 Å². The first-order valence-corrected chi connectivity index (χ1v) is 17.3. The minimum atomic E-state index is -0.757. The van der Waals surface area contributed by atoms with Crippen molar-refractivity contribution in [1.82, 2.24) is 20.3 Å². The number of anilines is 1. The Balaban J connectivity index is 1.34. The lowest BCUT2D eigenvalue weighted by molar-refractivity contribution is -0.141. The van der Waals surface area contributed by atoms with E-state index in [-0.39, 0.29) is 36.7 Å². The molecule has 4 rings (SSSR count). The molecule has 6 atom stereocenters. The summed E-state index contributed by atoms with van der Waals surface area (Å²) in [4.78, 5) is 31.5. The Hall–Kier alpha value is -2.91. The number of amides is 2. The van der Waals surface area contributed by atoms with Gasteiger partial charge < -0.3 is 25.2 Å². The van der Waals surface area contributed by atoms with Crippen LogP contribution in [0, 0.1) is 17.8 Å². The van der Waals surface area contributed by atoms with Crippen LogP contribution >= 0.6 is 0 Å². The Morgan fingerprint density at radius 3 is 2.40 bits per heavy atom. The third kappa shape index (κ3) is 8.67. The number of β-amino-alcohol motifs (C(OH)–C–C–N with tert-alkyl or cyclic N) is 1. The third-order valence-electron chi connectivity index (χ3n) is 9.99. The molecule has 1 saturated carbocycles. The molecule has 1 saturated heterocycles. The van der Waals surface area contributed by atoms with Crippen molar-refractivity contribution in [3.05, 3.63) is 47.7 Å². The van der Waals surface area contributed by atoms with Crippen molar-refractivity contribution < 1.29 is 19.2 Å². The van der Waals surface area contributed by atoms with Crippen molar-refractivity contribution in [2.75, 3.05) is 25.0 Å². The lowest BCUT2D eigenvalue weighted by atomic mass is 9.82. The van der Waals surface area contributed by atoms with Crippen molar-refractivity contribution >= 4 is 17.6 Å². The van der Waals surface area contributed by atoms with Crippen LogP contribution < -0.4 is 10.6 Å². The molecule has 1 aliphatic carbocycles. The highest BCUT2D eigenvalue weighted by atomic mass is 16.5. The van der Waals surface area contributed by atoms with E-state index < -0.39 is 18.1 Å². The molecular formula is C36H57N5O4. The van der Waals surface area contributed by atoms with E-state index in [1.165, 1.54) is 24.2 Å². The van der Waals surface area contributed by atoms with Gasteiger partial charge in [0.1, 0.15) is 12.0 Å². The third-order valence-corrected chi connectivity index (χ3v) is 9.99. The smallest absolute Gasteiger partial charge is 0.243 e. The van der Waals surface area contributed by atoms with Crippen LogP contribution in [-0.4, -0.2) is 75.7 Å². The fourth-order valence-electron chi connectivity index (χ4n) is 7.48. The number of nitrogens with zero attached hydrogens (tertiary/aromatic N) is 3. The van der Waals surface area contributed by atoms with E-state index in [1.54, 1.807) is 0 Å². The van der Waals surface area contributed by atoms with Crippen molar-refractivity contribution in [3.8, 4) is 0 Å². The lowest BCUT2D eigenvalue weighted by Crippen LogP contribution is -2.51. The first-order chi connectivity index (χ1) is 21.5. The zero-order valence-electron chi connectivity index (χ0n) is 28.5. The molecule has 2 heterocycles. The fraction of sp³-hybridized carbons (Fsp3) is 0.694. The Morgan fingerprint density at radius 2 is 1.80 bits per heavy atom. The van der Waals surface area contributed by atoms with Gasteiger partial charge >= 0.3 is 0 Å². The summed E-state index contributed by atoms with van der Waals surface area (Å²) >= 11 is 0. The number of likely N-dealkylation sites (tertiary alicyclic amines) is 1. The molecule has 2 aliphatic rings. The first kappa shape index (κ1) is 35.0. The van der Waals surface area contributed by atoms with Gasteiger partial charge in [-0.15, -0.1) is 0 Å². The molecule has 2 fully saturated rings. The summed E-state index contributed by atoms with van der Waals surface area (Å²) < 4.78 is 5.72. The summed E-state index contributed by atoms with van der Waals surface area (Å²) in [5, 5.41) is 21.2. The van der Waals surface area contributed by atoms with Gasteiger partial charge in [0.15, 0.2) is 11.6 Å². The topological polar surface area (TPSA) is 111 Å². The van der Waals surface area contributed by atoms with E-state index in [0.717, 1.165) is 37.5 Å². The van der Waals surface area contributed by atoms with Crippen LogP contribution in [0.2, 0.25) is 0 Å². The number of aliphatic hydroxyl groups excluding tert-OH is 1. The molecule has 1 aromatic carbocycles. The first-order valence-electron chi connectivity index (χ1n) is 17.3. The molecule has 2 amide bonds. The summed E-state index contributed by atoms with van der Waals surface area (Å²) in [5.74, 6) is 1.12. The highest BCUT2D eigenvalue weighted by Gasteiger charge is 2.43. The standard InChI is InChI=1S/C36H57N5O4/c1-8-40(28-17-12-18-28)34(24(4)5)25(6)14-13-19-37-32-21-31(45-39-32)33(23(2)3)36(44)41-22-29(42)20-30(41)35(43)38-26(7)27-15-10-9-11-16-27/h9-11,15-16,21,23-26,28-30,33-34,42H,8,12-14,17-20,22H2,1-7H3,(H,37,39)(H,38,43)/t25?,26-,29+,30-,33?,34+/m0/s1. The number of benzene rings is 1.